The second kappa shape index (κ2) is 6.92. The highest BCUT2D eigenvalue weighted by Crippen LogP contribution is 2.20. The number of aromatic nitrogens is 1. The van der Waals surface area contributed by atoms with Crippen LogP contribution in [0.2, 0.25) is 0 Å². The maximum atomic E-state index is 12.2. The summed E-state index contributed by atoms with van der Waals surface area (Å²) in [7, 11) is 0. The van der Waals surface area contributed by atoms with E-state index in [1.165, 1.54) is 5.39 Å². The lowest BCUT2D eigenvalue weighted by molar-refractivity contribution is -0.116. The fourth-order valence-electron chi connectivity index (χ4n) is 3.22. The third kappa shape index (κ3) is 3.26. The molecular weight excluding hydrogens is 328 g/mol. The summed E-state index contributed by atoms with van der Waals surface area (Å²) in [5.41, 5.74) is 2.70. The highest BCUT2D eigenvalue weighted by atomic mass is 16.2. The average molecular weight is 348 g/mol. The molecule has 0 bridgehead atoms. The zero-order chi connectivity index (χ0) is 17.9. The van der Waals surface area contributed by atoms with Crippen LogP contribution in [0.3, 0.4) is 0 Å². The van der Waals surface area contributed by atoms with Crippen LogP contribution in [0.5, 0.6) is 0 Å². The molecule has 6 nitrogen and oxygen atoms in total. The summed E-state index contributed by atoms with van der Waals surface area (Å²) in [6, 6.07) is 17.4. The van der Waals surface area contributed by atoms with Gasteiger partial charge in [0.2, 0.25) is 5.91 Å². The molecule has 1 fully saturated rings. The molecule has 4 rings (SSSR count). The van der Waals surface area contributed by atoms with Gasteiger partial charge in [0.05, 0.1) is 0 Å². The monoisotopic (exact) mass is 348 g/mol. The number of aryl methyl sites for hydroxylation is 1. The Labute approximate surface area is 151 Å². The van der Waals surface area contributed by atoms with Crippen LogP contribution >= 0.6 is 0 Å². The number of anilines is 2. The molecule has 0 radical (unpaired) electrons. The maximum absolute atomic E-state index is 12.2. The number of carbonyl (C=O) groups is 2. The van der Waals surface area contributed by atoms with Gasteiger partial charge in [-0.2, -0.15) is 0 Å². The predicted molar refractivity (Wildman–Crippen MR) is 102 cm³/mol. The molecule has 0 spiro atoms. The molecule has 1 aliphatic heterocycles. The van der Waals surface area contributed by atoms with E-state index in [4.69, 9.17) is 0 Å². The highest BCUT2D eigenvalue weighted by molar-refractivity contribution is 5.95. The molecule has 0 unspecified atom stereocenters. The van der Waals surface area contributed by atoms with Gasteiger partial charge in [0.25, 0.3) is 0 Å². The second-order valence-electron chi connectivity index (χ2n) is 6.30. The Kier molecular flexibility index (Phi) is 4.31. The number of urea groups is 1. The van der Waals surface area contributed by atoms with E-state index in [2.05, 4.69) is 33.4 Å². The van der Waals surface area contributed by atoms with E-state index in [-0.39, 0.29) is 11.9 Å². The molecule has 0 atom stereocenters. The van der Waals surface area contributed by atoms with Crippen molar-refractivity contribution in [1.29, 1.82) is 0 Å². The summed E-state index contributed by atoms with van der Waals surface area (Å²) in [4.78, 5) is 25.6. The van der Waals surface area contributed by atoms with Crippen molar-refractivity contribution in [3.63, 3.8) is 0 Å². The molecule has 1 aromatic heterocycles. The Bertz CT molecular complexity index is 946. The lowest BCUT2D eigenvalue weighted by Crippen LogP contribution is -2.27. The lowest BCUT2D eigenvalue weighted by atomic mass is 10.2. The molecule has 2 heterocycles. The molecule has 0 saturated carbocycles. The maximum Gasteiger partial charge on any atom is 0.321 e. The number of hydrogen-bond donors (Lipinski definition) is 2. The van der Waals surface area contributed by atoms with E-state index < -0.39 is 0 Å². The summed E-state index contributed by atoms with van der Waals surface area (Å²) < 4.78 is 2.09. The normalized spacial score (nSPS) is 13.8. The summed E-state index contributed by atoms with van der Waals surface area (Å²) in [5.74, 6) is -0.0329. The third-order valence-electron chi connectivity index (χ3n) is 4.58. The van der Waals surface area contributed by atoms with Gasteiger partial charge in [0.1, 0.15) is 0 Å². The number of carbonyl (C=O) groups excluding carboxylic acids is 2. The van der Waals surface area contributed by atoms with Crippen LogP contribution in [0.15, 0.2) is 60.8 Å². The first-order valence-electron chi connectivity index (χ1n) is 8.70. The van der Waals surface area contributed by atoms with Crippen LogP contribution in [-0.4, -0.2) is 29.6 Å². The largest absolute Gasteiger partial charge is 0.347 e. The van der Waals surface area contributed by atoms with Crippen molar-refractivity contribution in [2.75, 3.05) is 23.3 Å². The molecule has 0 aliphatic carbocycles. The van der Waals surface area contributed by atoms with E-state index in [1.807, 2.05) is 42.6 Å². The van der Waals surface area contributed by atoms with Crippen LogP contribution in [0, 0.1) is 0 Å². The number of fused-ring (bicyclic) bond motifs is 1. The number of amides is 3. The van der Waals surface area contributed by atoms with Gasteiger partial charge >= 0.3 is 6.03 Å². The van der Waals surface area contributed by atoms with Gasteiger partial charge < -0.3 is 15.2 Å². The van der Waals surface area contributed by atoms with Crippen molar-refractivity contribution in [1.82, 2.24) is 9.88 Å². The summed E-state index contributed by atoms with van der Waals surface area (Å²) in [5, 5.41) is 6.86. The molecule has 132 valence electrons. The molecule has 3 amide bonds. The van der Waals surface area contributed by atoms with E-state index in [1.54, 1.807) is 4.90 Å². The van der Waals surface area contributed by atoms with Gasteiger partial charge in [-0.15, -0.1) is 0 Å². The quantitative estimate of drug-likeness (QED) is 0.744. The second-order valence-corrected chi connectivity index (χ2v) is 6.30. The van der Waals surface area contributed by atoms with Gasteiger partial charge in [-0.05, 0) is 41.8 Å². The average Bonchev–Trinajstić information content (AvgIpc) is 3.27. The molecular formula is C20H20N4O2. The van der Waals surface area contributed by atoms with Crippen molar-refractivity contribution >= 4 is 34.2 Å². The number of benzene rings is 2. The molecule has 1 saturated heterocycles. The van der Waals surface area contributed by atoms with Crippen LogP contribution in [-0.2, 0) is 11.3 Å². The first-order valence-corrected chi connectivity index (χ1v) is 8.70. The molecule has 2 aromatic carbocycles. The van der Waals surface area contributed by atoms with Crippen LogP contribution in [0.4, 0.5) is 16.2 Å². The van der Waals surface area contributed by atoms with E-state index in [0.717, 1.165) is 16.9 Å². The van der Waals surface area contributed by atoms with E-state index >= 15 is 0 Å². The topological polar surface area (TPSA) is 66.4 Å². The van der Waals surface area contributed by atoms with Crippen LogP contribution in [0.25, 0.3) is 10.9 Å². The van der Waals surface area contributed by atoms with Gasteiger partial charge in [0, 0.05) is 49.1 Å². The highest BCUT2D eigenvalue weighted by Gasteiger charge is 2.20. The number of nitrogens with one attached hydrogen (secondary N) is 2. The number of rotatable bonds is 5. The summed E-state index contributed by atoms with van der Waals surface area (Å²) >= 11 is 0. The number of para-hydroxylation sites is 1. The van der Waals surface area contributed by atoms with Crippen molar-refractivity contribution in [2.45, 2.75) is 13.0 Å². The van der Waals surface area contributed by atoms with E-state index in [9.17, 15) is 9.59 Å². The van der Waals surface area contributed by atoms with Gasteiger partial charge in [-0.25, -0.2) is 4.79 Å². The Hall–Kier alpha value is -3.28. The number of nitrogens with zero attached hydrogens (tertiary/aromatic N) is 2. The van der Waals surface area contributed by atoms with Crippen molar-refractivity contribution in [2.24, 2.45) is 0 Å². The fourth-order valence-corrected chi connectivity index (χ4v) is 3.22. The van der Waals surface area contributed by atoms with Crippen LogP contribution < -0.4 is 15.5 Å². The Morgan fingerprint density at radius 2 is 1.88 bits per heavy atom. The van der Waals surface area contributed by atoms with Crippen molar-refractivity contribution < 1.29 is 9.59 Å². The van der Waals surface area contributed by atoms with Gasteiger partial charge in [-0.3, -0.25) is 9.69 Å². The Balaban J connectivity index is 1.35. The zero-order valence-electron chi connectivity index (χ0n) is 14.3. The van der Waals surface area contributed by atoms with E-state index in [0.29, 0.717) is 26.1 Å². The predicted octanol–water partition coefficient (Wildman–Crippen LogP) is 3.20. The standard InChI is InChI=1S/C20H20N4O2/c25-19(10-13-23-12-9-15-3-1-2-4-18(15)23)22-16-5-7-17(8-6-16)24-14-11-21-20(24)26/h1-9,12H,10-11,13-14H2,(H,21,26)(H,22,25). The van der Waals surface area contributed by atoms with Gasteiger partial charge in [-0.1, -0.05) is 18.2 Å². The first kappa shape index (κ1) is 16.2. The molecule has 3 aromatic rings. The Morgan fingerprint density at radius 1 is 1.08 bits per heavy atom. The minimum Gasteiger partial charge on any atom is -0.347 e. The lowest BCUT2D eigenvalue weighted by Gasteiger charge is -2.14. The van der Waals surface area contributed by atoms with Crippen molar-refractivity contribution in [3.05, 3.63) is 60.8 Å². The first-order chi connectivity index (χ1) is 12.7. The number of hydrogen-bond acceptors (Lipinski definition) is 2. The Morgan fingerprint density at radius 3 is 2.65 bits per heavy atom. The van der Waals surface area contributed by atoms with Crippen molar-refractivity contribution in [3.8, 4) is 0 Å². The zero-order valence-corrected chi connectivity index (χ0v) is 14.3. The summed E-state index contributed by atoms with van der Waals surface area (Å²) in [6.45, 7) is 1.95. The SMILES string of the molecule is O=C(CCn1ccc2ccccc21)Nc1ccc(N2CCNC2=O)cc1. The fraction of sp³-hybridized carbons (Fsp3) is 0.200. The summed E-state index contributed by atoms with van der Waals surface area (Å²) in [6.07, 6.45) is 2.41. The molecule has 26 heavy (non-hydrogen) atoms. The van der Waals surface area contributed by atoms with Gasteiger partial charge in [0.15, 0.2) is 0 Å². The molecule has 6 heteroatoms. The smallest absolute Gasteiger partial charge is 0.321 e. The molecule has 1 aliphatic rings. The minimum atomic E-state index is -0.0827. The van der Waals surface area contributed by atoms with Crippen LogP contribution in [0.1, 0.15) is 6.42 Å². The third-order valence-corrected chi connectivity index (χ3v) is 4.58. The molecule has 2 N–H and O–H groups in total. The minimum absolute atomic E-state index is 0.0329.